The van der Waals surface area contributed by atoms with Crippen molar-refractivity contribution >= 4 is 0 Å². The summed E-state index contributed by atoms with van der Waals surface area (Å²) in [5.41, 5.74) is -1.76. The minimum Gasteiger partial charge on any atom is -0.466 e. The fourth-order valence-corrected chi connectivity index (χ4v) is 2.15. The van der Waals surface area contributed by atoms with Gasteiger partial charge in [-0.15, -0.1) is 0 Å². The second-order valence-corrected chi connectivity index (χ2v) is 4.69. The van der Waals surface area contributed by atoms with Gasteiger partial charge in [0.25, 0.3) is 0 Å². The van der Waals surface area contributed by atoms with E-state index in [1.807, 2.05) is 0 Å². The SMILES string of the molecule is C=C[C@]1(C[C@H](F)CO)Cc2ccc(C(F)(F)F)nc2O1. The number of aliphatic hydroxyl groups is 1. The predicted octanol–water partition coefficient (Wildman–Crippen LogP) is 2.68. The molecular weight excluding hydrogens is 278 g/mol. The monoisotopic (exact) mass is 291 g/mol. The second kappa shape index (κ2) is 5.05. The van der Waals surface area contributed by atoms with E-state index in [1.54, 1.807) is 0 Å². The Bertz CT molecular complexity index is 518. The van der Waals surface area contributed by atoms with Crippen LogP contribution in [0.5, 0.6) is 5.88 Å². The summed E-state index contributed by atoms with van der Waals surface area (Å²) in [4.78, 5) is 3.42. The fourth-order valence-electron chi connectivity index (χ4n) is 2.15. The van der Waals surface area contributed by atoms with Crippen LogP contribution >= 0.6 is 0 Å². The molecule has 0 saturated carbocycles. The molecular formula is C13H13F4NO2. The number of rotatable bonds is 4. The van der Waals surface area contributed by atoms with Crippen molar-refractivity contribution in [1.82, 2.24) is 4.98 Å². The van der Waals surface area contributed by atoms with Crippen LogP contribution in [0.2, 0.25) is 0 Å². The molecule has 20 heavy (non-hydrogen) atoms. The number of hydrogen-bond donors (Lipinski definition) is 1. The number of ether oxygens (including phenoxy) is 1. The highest BCUT2D eigenvalue weighted by Gasteiger charge is 2.41. The highest BCUT2D eigenvalue weighted by Crippen LogP contribution is 2.39. The molecule has 1 N–H and O–H groups in total. The van der Waals surface area contributed by atoms with Crippen molar-refractivity contribution in [2.45, 2.75) is 30.8 Å². The molecule has 1 aromatic heterocycles. The lowest BCUT2D eigenvalue weighted by Gasteiger charge is -2.25. The maximum atomic E-state index is 13.3. The van der Waals surface area contributed by atoms with Gasteiger partial charge in [0.05, 0.1) is 6.61 Å². The summed E-state index contributed by atoms with van der Waals surface area (Å²) in [5.74, 6) is -0.162. The largest absolute Gasteiger partial charge is 0.466 e. The third kappa shape index (κ3) is 2.77. The van der Waals surface area contributed by atoms with E-state index in [0.29, 0.717) is 5.56 Å². The topological polar surface area (TPSA) is 42.4 Å². The third-order valence-corrected chi connectivity index (χ3v) is 3.16. The van der Waals surface area contributed by atoms with E-state index in [2.05, 4.69) is 11.6 Å². The maximum absolute atomic E-state index is 13.3. The zero-order valence-electron chi connectivity index (χ0n) is 10.5. The Hall–Kier alpha value is -1.63. The van der Waals surface area contributed by atoms with E-state index in [1.165, 1.54) is 12.1 Å². The van der Waals surface area contributed by atoms with Gasteiger partial charge < -0.3 is 9.84 Å². The summed E-state index contributed by atoms with van der Waals surface area (Å²) in [6.45, 7) is 2.85. The Labute approximate surface area is 112 Å². The van der Waals surface area contributed by atoms with E-state index in [-0.39, 0.29) is 18.7 Å². The van der Waals surface area contributed by atoms with E-state index in [0.717, 1.165) is 6.07 Å². The summed E-state index contributed by atoms with van der Waals surface area (Å²) < 4.78 is 56.4. The lowest BCUT2D eigenvalue weighted by Crippen LogP contribution is -2.36. The molecule has 1 aliphatic rings. The molecule has 2 heterocycles. The van der Waals surface area contributed by atoms with Crippen LogP contribution in [0.4, 0.5) is 17.6 Å². The summed E-state index contributed by atoms with van der Waals surface area (Å²) in [7, 11) is 0. The Kier molecular flexibility index (Phi) is 3.73. The van der Waals surface area contributed by atoms with Gasteiger partial charge in [0.1, 0.15) is 17.5 Å². The van der Waals surface area contributed by atoms with Crippen LogP contribution < -0.4 is 4.74 Å². The lowest BCUT2D eigenvalue weighted by atomic mass is 9.92. The van der Waals surface area contributed by atoms with E-state index >= 15 is 0 Å². The summed E-state index contributed by atoms with van der Waals surface area (Å²) in [5, 5.41) is 8.74. The number of aromatic nitrogens is 1. The van der Waals surface area contributed by atoms with Crippen LogP contribution in [-0.4, -0.2) is 28.5 Å². The van der Waals surface area contributed by atoms with Crippen LogP contribution in [0.15, 0.2) is 24.8 Å². The van der Waals surface area contributed by atoms with Gasteiger partial charge in [-0.2, -0.15) is 13.2 Å². The molecule has 0 aliphatic carbocycles. The molecule has 2 atom stereocenters. The van der Waals surface area contributed by atoms with Crippen molar-refractivity contribution in [2.24, 2.45) is 0 Å². The van der Waals surface area contributed by atoms with Gasteiger partial charge in [-0.3, -0.25) is 0 Å². The summed E-state index contributed by atoms with van der Waals surface area (Å²) >= 11 is 0. The first kappa shape index (κ1) is 14.8. The summed E-state index contributed by atoms with van der Waals surface area (Å²) in [6.07, 6.45) is -4.78. The molecule has 0 spiro atoms. The zero-order chi connectivity index (χ0) is 15.0. The van der Waals surface area contributed by atoms with Crippen LogP contribution in [0, 0.1) is 0 Å². The quantitative estimate of drug-likeness (QED) is 0.685. The number of pyridine rings is 1. The van der Waals surface area contributed by atoms with E-state index in [9.17, 15) is 17.6 Å². The van der Waals surface area contributed by atoms with Crippen molar-refractivity contribution in [2.75, 3.05) is 6.61 Å². The van der Waals surface area contributed by atoms with Crippen molar-refractivity contribution in [1.29, 1.82) is 0 Å². The molecule has 0 aromatic carbocycles. The van der Waals surface area contributed by atoms with Gasteiger partial charge in [0, 0.05) is 18.4 Å². The maximum Gasteiger partial charge on any atom is 0.433 e. The molecule has 1 aliphatic heterocycles. The molecule has 2 rings (SSSR count). The first-order chi connectivity index (χ1) is 9.29. The molecule has 1 aromatic rings. The zero-order valence-corrected chi connectivity index (χ0v) is 10.5. The van der Waals surface area contributed by atoms with Gasteiger partial charge in [-0.1, -0.05) is 12.6 Å². The van der Waals surface area contributed by atoms with Crippen molar-refractivity contribution in [3.05, 3.63) is 36.0 Å². The Balaban J connectivity index is 2.27. The van der Waals surface area contributed by atoms with Gasteiger partial charge in [-0.05, 0) is 12.1 Å². The van der Waals surface area contributed by atoms with Crippen molar-refractivity contribution in [3.63, 3.8) is 0 Å². The van der Waals surface area contributed by atoms with Crippen molar-refractivity contribution in [3.8, 4) is 5.88 Å². The number of aliphatic hydroxyl groups excluding tert-OH is 1. The fraction of sp³-hybridized carbons (Fsp3) is 0.462. The normalized spacial score (nSPS) is 23.1. The van der Waals surface area contributed by atoms with Gasteiger partial charge in [-0.25, -0.2) is 9.37 Å². The van der Waals surface area contributed by atoms with Crippen LogP contribution in [-0.2, 0) is 12.6 Å². The van der Waals surface area contributed by atoms with Crippen molar-refractivity contribution < 1.29 is 27.4 Å². The smallest absolute Gasteiger partial charge is 0.433 e. The molecule has 7 heteroatoms. The van der Waals surface area contributed by atoms with Gasteiger partial charge in [0.2, 0.25) is 5.88 Å². The standard InChI is InChI=1S/C13H13F4NO2/c1-2-12(6-9(14)7-19)5-8-3-4-10(13(15,16)17)18-11(8)20-12/h2-4,9,19H,1,5-7H2/t9-,12+/m0/s1. The Morgan fingerprint density at radius 2 is 2.20 bits per heavy atom. The average molecular weight is 291 g/mol. The minimum atomic E-state index is -4.56. The molecule has 0 bridgehead atoms. The van der Waals surface area contributed by atoms with Crippen LogP contribution in [0.3, 0.4) is 0 Å². The number of alkyl halides is 4. The number of hydrogen-bond acceptors (Lipinski definition) is 3. The van der Waals surface area contributed by atoms with E-state index in [4.69, 9.17) is 9.84 Å². The Morgan fingerprint density at radius 3 is 2.75 bits per heavy atom. The third-order valence-electron chi connectivity index (χ3n) is 3.16. The molecule has 110 valence electrons. The van der Waals surface area contributed by atoms with Gasteiger partial charge >= 0.3 is 6.18 Å². The molecule has 3 nitrogen and oxygen atoms in total. The number of fused-ring (bicyclic) bond motifs is 1. The first-order valence-corrected chi connectivity index (χ1v) is 5.94. The second-order valence-electron chi connectivity index (χ2n) is 4.69. The lowest BCUT2D eigenvalue weighted by molar-refractivity contribution is -0.141. The molecule has 0 amide bonds. The molecule has 0 unspecified atom stereocenters. The van der Waals surface area contributed by atoms with Gasteiger partial charge in [0.15, 0.2) is 0 Å². The average Bonchev–Trinajstić information content (AvgIpc) is 2.75. The molecule has 0 saturated heterocycles. The molecule has 0 radical (unpaired) electrons. The molecule has 0 fully saturated rings. The van der Waals surface area contributed by atoms with Crippen LogP contribution in [0.25, 0.3) is 0 Å². The number of nitrogens with zero attached hydrogens (tertiary/aromatic N) is 1. The highest BCUT2D eigenvalue weighted by atomic mass is 19.4. The van der Waals surface area contributed by atoms with Crippen LogP contribution in [0.1, 0.15) is 17.7 Å². The predicted molar refractivity (Wildman–Crippen MR) is 63.1 cm³/mol. The minimum absolute atomic E-state index is 0.162. The summed E-state index contributed by atoms with van der Waals surface area (Å²) in [6, 6.07) is 2.13. The number of halogens is 4. The highest BCUT2D eigenvalue weighted by molar-refractivity contribution is 5.37. The van der Waals surface area contributed by atoms with E-state index < -0.39 is 30.2 Å². The first-order valence-electron chi connectivity index (χ1n) is 5.94. The Morgan fingerprint density at radius 1 is 1.50 bits per heavy atom.